The summed E-state index contributed by atoms with van der Waals surface area (Å²) in [5.74, 6) is 0.181. The normalized spacial score (nSPS) is 17.0. The van der Waals surface area contributed by atoms with E-state index in [2.05, 4.69) is 10.2 Å². The SMILES string of the molecule is [C-]#[N+]c1c(OCC2CCCCN2C(=O)NCC)cccc1[N+](=O)[O-]. The number of nitro benzene ring substituents is 1. The second kappa shape index (κ2) is 8.15. The molecule has 1 saturated heterocycles. The molecule has 1 aromatic carbocycles. The zero-order chi connectivity index (χ0) is 17.5. The van der Waals surface area contributed by atoms with Crippen LogP contribution in [0.15, 0.2) is 18.2 Å². The lowest BCUT2D eigenvalue weighted by Gasteiger charge is -2.35. The van der Waals surface area contributed by atoms with Crippen LogP contribution in [0.1, 0.15) is 26.2 Å². The van der Waals surface area contributed by atoms with E-state index >= 15 is 0 Å². The Morgan fingerprint density at radius 3 is 3.00 bits per heavy atom. The Bertz CT molecular complexity index is 656. The van der Waals surface area contributed by atoms with Crippen molar-refractivity contribution in [2.24, 2.45) is 0 Å². The van der Waals surface area contributed by atoms with Crippen LogP contribution in [0.3, 0.4) is 0 Å². The van der Waals surface area contributed by atoms with E-state index in [0.29, 0.717) is 13.1 Å². The third kappa shape index (κ3) is 3.93. The molecule has 0 radical (unpaired) electrons. The molecule has 1 atom stereocenters. The monoisotopic (exact) mass is 332 g/mol. The zero-order valence-corrected chi connectivity index (χ0v) is 13.5. The van der Waals surface area contributed by atoms with Crippen molar-refractivity contribution >= 4 is 17.4 Å². The molecule has 128 valence electrons. The Morgan fingerprint density at radius 2 is 2.33 bits per heavy atom. The minimum absolute atomic E-state index is 0.108. The molecule has 24 heavy (non-hydrogen) atoms. The van der Waals surface area contributed by atoms with Gasteiger partial charge in [-0.05, 0) is 32.3 Å². The van der Waals surface area contributed by atoms with Gasteiger partial charge in [0.15, 0.2) is 0 Å². The molecule has 1 heterocycles. The van der Waals surface area contributed by atoms with Crippen molar-refractivity contribution < 1.29 is 14.5 Å². The van der Waals surface area contributed by atoms with Gasteiger partial charge < -0.3 is 15.0 Å². The summed E-state index contributed by atoms with van der Waals surface area (Å²) in [5.41, 5.74) is -0.380. The number of likely N-dealkylation sites (tertiary alicyclic amines) is 1. The van der Waals surface area contributed by atoms with Crippen LogP contribution >= 0.6 is 0 Å². The van der Waals surface area contributed by atoms with E-state index in [1.54, 1.807) is 11.0 Å². The first-order chi connectivity index (χ1) is 11.6. The molecule has 1 aliphatic heterocycles. The number of carbonyl (C=O) groups excluding carboxylic acids is 1. The fourth-order valence-electron chi connectivity index (χ4n) is 2.77. The molecule has 0 bridgehead atoms. The van der Waals surface area contributed by atoms with Crippen LogP contribution < -0.4 is 10.1 Å². The average Bonchev–Trinajstić information content (AvgIpc) is 2.59. The third-order valence-corrected chi connectivity index (χ3v) is 3.93. The van der Waals surface area contributed by atoms with Gasteiger partial charge in [-0.2, -0.15) is 0 Å². The van der Waals surface area contributed by atoms with Crippen molar-refractivity contribution in [2.45, 2.75) is 32.2 Å². The van der Waals surface area contributed by atoms with Crippen LogP contribution in [0.2, 0.25) is 0 Å². The summed E-state index contributed by atoms with van der Waals surface area (Å²) in [6.45, 7) is 10.4. The van der Waals surface area contributed by atoms with E-state index in [1.165, 1.54) is 12.1 Å². The number of rotatable bonds is 5. The van der Waals surface area contributed by atoms with Gasteiger partial charge in [-0.25, -0.2) is 9.64 Å². The number of amides is 2. The highest BCUT2D eigenvalue weighted by molar-refractivity contribution is 5.74. The van der Waals surface area contributed by atoms with Crippen LogP contribution in [0.25, 0.3) is 4.85 Å². The molecule has 8 nitrogen and oxygen atoms in total. The molecule has 2 amide bonds. The summed E-state index contributed by atoms with van der Waals surface area (Å²) in [5, 5.41) is 13.8. The predicted molar refractivity (Wildman–Crippen MR) is 88.3 cm³/mol. The van der Waals surface area contributed by atoms with Crippen molar-refractivity contribution in [1.82, 2.24) is 10.2 Å². The lowest BCUT2D eigenvalue weighted by molar-refractivity contribution is -0.383. The fraction of sp³-hybridized carbons (Fsp3) is 0.500. The number of piperidine rings is 1. The molecule has 0 saturated carbocycles. The number of para-hydroxylation sites is 1. The second-order valence-electron chi connectivity index (χ2n) is 5.48. The van der Waals surface area contributed by atoms with Crippen LogP contribution in [-0.4, -0.2) is 41.6 Å². The van der Waals surface area contributed by atoms with E-state index in [0.717, 1.165) is 19.3 Å². The van der Waals surface area contributed by atoms with Gasteiger partial charge in [-0.15, -0.1) is 0 Å². The number of ether oxygens (including phenoxy) is 1. The van der Waals surface area contributed by atoms with Crippen molar-refractivity contribution in [3.8, 4) is 5.75 Å². The minimum Gasteiger partial charge on any atom is -0.502 e. The number of urea groups is 1. The van der Waals surface area contributed by atoms with Gasteiger partial charge in [0.2, 0.25) is 0 Å². The van der Waals surface area contributed by atoms with Crippen LogP contribution in [0, 0.1) is 16.7 Å². The van der Waals surface area contributed by atoms with Gasteiger partial charge in [0.25, 0.3) is 5.69 Å². The molecular formula is C16H20N4O4. The smallest absolute Gasteiger partial charge is 0.317 e. The maximum atomic E-state index is 12.1. The summed E-state index contributed by atoms with van der Waals surface area (Å²) in [4.78, 5) is 27.5. The molecule has 0 spiro atoms. The maximum absolute atomic E-state index is 12.1. The largest absolute Gasteiger partial charge is 0.502 e. The highest BCUT2D eigenvalue weighted by atomic mass is 16.6. The van der Waals surface area contributed by atoms with Crippen LogP contribution in [0.5, 0.6) is 5.75 Å². The maximum Gasteiger partial charge on any atom is 0.317 e. The Morgan fingerprint density at radius 1 is 1.54 bits per heavy atom. The topological polar surface area (TPSA) is 89.1 Å². The van der Waals surface area contributed by atoms with Gasteiger partial charge in [-0.3, -0.25) is 10.1 Å². The molecular weight excluding hydrogens is 312 g/mol. The average molecular weight is 332 g/mol. The zero-order valence-electron chi connectivity index (χ0n) is 13.5. The number of nitrogens with one attached hydrogen (secondary N) is 1. The lowest BCUT2D eigenvalue weighted by atomic mass is 10.0. The first-order valence-corrected chi connectivity index (χ1v) is 7.90. The highest BCUT2D eigenvalue weighted by Gasteiger charge is 2.28. The summed E-state index contributed by atoms with van der Waals surface area (Å²) < 4.78 is 5.68. The standard InChI is InChI=1S/C16H20N4O4/c1-3-18-16(21)19-10-5-4-7-12(19)11-24-14-9-6-8-13(20(22)23)15(14)17-2/h6,8-9,12H,3-5,7,10-11H2,1H3,(H,18,21). The molecule has 0 aromatic heterocycles. The number of benzene rings is 1. The van der Waals surface area contributed by atoms with Crippen molar-refractivity contribution in [3.63, 3.8) is 0 Å². The minimum atomic E-state index is -0.595. The number of carbonyl (C=O) groups is 1. The molecule has 1 fully saturated rings. The van der Waals surface area contributed by atoms with E-state index in [9.17, 15) is 14.9 Å². The van der Waals surface area contributed by atoms with E-state index in [-0.39, 0.29) is 35.8 Å². The summed E-state index contributed by atoms with van der Waals surface area (Å²) in [6, 6.07) is 4.07. The van der Waals surface area contributed by atoms with E-state index in [4.69, 9.17) is 11.3 Å². The molecule has 1 unspecified atom stereocenters. The molecule has 1 aliphatic rings. The van der Waals surface area contributed by atoms with Crippen molar-refractivity contribution in [2.75, 3.05) is 19.7 Å². The molecule has 1 aromatic rings. The van der Waals surface area contributed by atoms with E-state index in [1.807, 2.05) is 6.92 Å². The number of nitro groups is 1. The van der Waals surface area contributed by atoms with E-state index < -0.39 is 4.92 Å². The summed E-state index contributed by atoms with van der Waals surface area (Å²) >= 11 is 0. The molecule has 2 rings (SSSR count). The van der Waals surface area contributed by atoms with Gasteiger partial charge in [0, 0.05) is 19.2 Å². The Labute approximate surface area is 140 Å². The second-order valence-corrected chi connectivity index (χ2v) is 5.48. The predicted octanol–water partition coefficient (Wildman–Crippen LogP) is 3.11. The first kappa shape index (κ1) is 17.5. The first-order valence-electron chi connectivity index (χ1n) is 7.90. The summed E-state index contributed by atoms with van der Waals surface area (Å²) in [7, 11) is 0. The number of hydrogen-bond donors (Lipinski definition) is 1. The number of nitrogens with zero attached hydrogens (tertiary/aromatic N) is 3. The Hall–Kier alpha value is -2.82. The highest BCUT2D eigenvalue weighted by Crippen LogP contribution is 2.37. The van der Waals surface area contributed by atoms with Gasteiger partial charge in [-0.1, -0.05) is 6.07 Å². The van der Waals surface area contributed by atoms with Gasteiger partial charge >= 0.3 is 11.7 Å². The third-order valence-electron chi connectivity index (χ3n) is 3.93. The van der Waals surface area contributed by atoms with Gasteiger partial charge in [0.05, 0.1) is 17.5 Å². The quantitative estimate of drug-likeness (QED) is 0.510. The Balaban J connectivity index is 2.12. The summed E-state index contributed by atoms with van der Waals surface area (Å²) in [6.07, 6.45) is 2.74. The van der Waals surface area contributed by atoms with Crippen LogP contribution in [-0.2, 0) is 0 Å². The van der Waals surface area contributed by atoms with Crippen molar-refractivity contribution in [1.29, 1.82) is 0 Å². The van der Waals surface area contributed by atoms with Crippen molar-refractivity contribution in [3.05, 3.63) is 39.7 Å². The van der Waals surface area contributed by atoms with Crippen LogP contribution in [0.4, 0.5) is 16.2 Å². The molecule has 0 aliphatic carbocycles. The fourth-order valence-corrected chi connectivity index (χ4v) is 2.77. The molecule has 1 N–H and O–H groups in total. The van der Waals surface area contributed by atoms with Gasteiger partial charge in [0.1, 0.15) is 12.4 Å². The lowest BCUT2D eigenvalue weighted by Crippen LogP contribution is -2.50. The number of hydrogen-bond acceptors (Lipinski definition) is 4. The Kier molecular flexibility index (Phi) is 5.95. The molecule has 8 heteroatoms.